The van der Waals surface area contributed by atoms with E-state index in [1.165, 1.54) is 0 Å². The SMILES string of the molecule is C[C@@H]1[C@@H](O)C(=O)[C@H]2[C@H](OCc3ccccc3)[C@@H](OCc3ccccc3)[C@H](COCc3ccccc3)N12. The lowest BCUT2D eigenvalue weighted by atomic mass is 10.00. The molecule has 3 aromatic rings. The molecule has 188 valence electrons. The maximum absolute atomic E-state index is 13.2. The molecule has 0 unspecified atom stereocenters. The summed E-state index contributed by atoms with van der Waals surface area (Å²) in [6.07, 6.45) is -1.97. The van der Waals surface area contributed by atoms with E-state index in [0.717, 1.165) is 16.7 Å². The summed E-state index contributed by atoms with van der Waals surface area (Å²) in [7, 11) is 0. The molecular weight excluding hydrogens is 454 g/mol. The third-order valence-electron chi connectivity index (χ3n) is 7.20. The molecule has 2 aliphatic rings. The zero-order chi connectivity index (χ0) is 24.9. The highest BCUT2D eigenvalue weighted by atomic mass is 16.5. The number of carbonyl (C=O) groups is 1. The second-order valence-electron chi connectivity index (χ2n) is 9.57. The number of carbonyl (C=O) groups excluding carboxylic acids is 1. The smallest absolute Gasteiger partial charge is 0.182 e. The third kappa shape index (κ3) is 5.28. The Balaban J connectivity index is 1.39. The lowest BCUT2D eigenvalue weighted by Gasteiger charge is -2.31. The molecule has 2 heterocycles. The number of nitrogens with zero attached hydrogens (tertiary/aromatic N) is 1. The summed E-state index contributed by atoms with van der Waals surface area (Å²) in [6, 6.07) is 28.7. The van der Waals surface area contributed by atoms with Crippen molar-refractivity contribution >= 4 is 5.78 Å². The first-order valence-corrected chi connectivity index (χ1v) is 12.6. The van der Waals surface area contributed by atoms with Crippen molar-refractivity contribution < 1.29 is 24.1 Å². The van der Waals surface area contributed by atoms with Crippen LogP contribution in [0.25, 0.3) is 0 Å². The number of benzene rings is 3. The van der Waals surface area contributed by atoms with Crippen molar-refractivity contribution in [3.63, 3.8) is 0 Å². The molecular formula is C30H33NO5. The highest BCUT2D eigenvalue weighted by molar-refractivity contribution is 5.92. The van der Waals surface area contributed by atoms with Gasteiger partial charge in [-0.05, 0) is 23.6 Å². The number of hydrogen-bond acceptors (Lipinski definition) is 6. The van der Waals surface area contributed by atoms with Crippen LogP contribution in [0.1, 0.15) is 23.6 Å². The van der Waals surface area contributed by atoms with Gasteiger partial charge in [0.1, 0.15) is 24.4 Å². The van der Waals surface area contributed by atoms with Crippen LogP contribution in [0.15, 0.2) is 91.0 Å². The fourth-order valence-electron chi connectivity index (χ4n) is 5.36. The highest BCUT2D eigenvalue weighted by Gasteiger charge is 2.61. The summed E-state index contributed by atoms with van der Waals surface area (Å²) >= 11 is 0. The zero-order valence-corrected chi connectivity index (χ0v) is 20.5. The average molecular weight is 488 g/mol. The quantitative estimate of drug-likeness (QED) is 0.470. The predicted molar refractivity (Wildman–Crippen MR) is 136 cm³/mol. The molecule has 0 saturated carbocycles. The minimum Gasteiger partial charge on any atom is -0.384 e. The summed E-state index contributed by atoms with van der Waals surface area (Å²) in [4.78, 5) is 15.3. The number of ether oxygens (including phenoxy) is 3. The molecule has 1 N–H and O–H groups in total. The van der Waals surface area contributed by atoms with Crippen LogP contribution >= 0.6 is 0 Å². The Labute approximate surface area is 212 Å². The third-order valence-corrected chi connectivity index (χ3v) is 7.20. The first kappa shape index (κ1) is 24.8. The maximum Gasteiger partial charge on any atom is 0.182 e. The molecule has 6 heteroatoms. The van der Waals surface area contributed by atoms with E-state index in [-0.39, 0.29) is 17.9 Å². The summed E-state index contributed by atoms with van der Waals surface area (Å²) < 4.78 is 19.1. The minimum absolute atomic E-state index is 0.209. The van der Waals surface area contributed by atoms with Crippen LogP contribution in [0.3, 0.4) is 0 Å². The minimum atomic E-state index is -1.05. The van der Waals surface area contributed by atoms with Crippen molar-refractivity contribution in [1.82, 2.24) is 4.90 Å². The molecule has 6 nitrogen and oxygen atoms in total. The van der Waals surface area contributed by atoms with Crippen molar-refractivity contribution in [2.75, 3.05) is 6.61 Å². The first-order chi connectivity index (χ1) is 17.6. The van der Waals surface area contributed by atoms with Crippen LogP contribution in [0.4, 0.5) is 0 Å². The Morgan fingerprint density at radius 3 is 1.72 bits per heavy atom. The van der Waals surface area contributed by atoms with E-state index in [1.54, 1.807) is 0 Å². The first-order valence-electron chi connectivity index (χ1n) is 12.6. The lowest BCUT2D eigenvalue weighted by molar-refractivity contribution is -0.133. The van der Waals surface area contributed by atoms with Gasteiger partial charge in [0.05, 0.1) is 32.5 Å². The van der Waals surface area contributed by atoms with Crippen molar-refractivity contribution in [2.45, 2.75) is 63.2 Å². The Bertz CT molecular complexity index is 1110. The van der Waals surface area contributed by atoms with Gasteiger partial charge in [-0.15, -0.1) is 0 Å². The Morgan fingerprint density at radius 1 is 0.722 bits per heavy atom. The van der Waals surface area contributed by atoms with E-state index in [0.29, 0.717) is 26.4 Å². The topological polar surface area (TPSA) is 68.2 Å². The average Bonchev–Trinajstić information content (AvgIpc) is 3.35. The Kier molecular flexibility index (Phi) is 7.90. The number of rotatable bonds is 10. The number of Topliss-reactive ketones (excluding diaryl/α,β-unsaturated/α-hetero) is 1. The van der Waals surface area contributed by atoms with Crippen molar-refractivity contribution in [1.29, 1.82) is 0 Å². The van der Waals surface area contributed by atoms with Crippen molar-refractivity contribution in [3.05, 3.63) is 108 Å². The summed E-state index contributed by atoms with van der Waals surface area (Å²) in [6.45, 7) is 3.47. The zero-order valence-electron chi connectivity index (χ0n) is 20.5. The fraction of sp³-hybridized carbons (Fsp3) is 0.367. The Morgan fingerprint density at radius 2 is 1.19 bits per heavy atom. The second kappa shape index (κ2) is 11.5. The Hall–Kier alpha value is -2.87. The number of aliphatic hydroxyl groups excluding tert-OH is 1. The standard InChI is InChI=1S/C30H33NO5/c1-21-27(32)28(33)26-30(36-19-24-15-9-4-10-16-24)29(35-18-23-13-7-3-8-14-23)25(31(21)26)20-34-17-22-11-5-2-6-12-22/h2-16,21,25-27,29-30,32H,17-20H2,1H3/t21-,25+,26+,27-,29+,30+/m1/s1. The molecule has 6 atom stereocenters. The van der Waals surface area contributed by atoms with Crippen LogP contribution in [0.5, 0.6) is 0 Å². The van der Waals surface area contributed by atoms with Gasteiger partial charge in [0.2, 0.25) is 0 Å². The van der Waals surface area contributed by atoms with Gasteiger partial charge in [-0.2, -0.15) is 0 Å². The van der Waals surface area contributed by atoms with Crippen LogP contribution < -0.4 is 0 Å². The van der Waals surface area contributed by atoms with E-state index >= 15 is 0 Å². The van der Waals surface area contributed by atoms with E-state index in [1.807, 2.05) is 97.9 Å². The van der Waals surface area contributed by atoms with Crippen LogP contribution in [0.2, 0.25) is 0 Å². The molecule has 3 aromatic carbocycles. The molecule has 36 heavy (non-hydrogen) atoms. The van der Waals surface area contributed by atoms with Crippen LogP contribution in [-0.2, 0) is 38.8 Å². The van der Waals surface area contributed by atoms with Gasteiger partial charge in [-0.25, -0.2) is 0 Å². The summed E-state index contributed by atoms with van der Waals surface area (Å²) in [5, 5.41) is 10.7. The molecule has 2 saturated heterocycles. The van der Waals surface area contributed by atoms with Gasteiger partial charge < -0.3 is 19.3 Å². The van der Waals surface area contributed by atoms with E-state index in [4.69, 9.17) is 14.2 Å². The van der Waals surface area contributed by atoms with Crippen molar-refractivity contribution in [3.8, 4) is 0 Å². The van der Waals surface area contributed by atoms with Gasteiger partial charge in [-0.3, -0.25) is 9.69 Å². The molecule has 5 rings (SSSR count). The van der Waals surface area contributed by atoms with E-state index in [9.17, 15) is 9.90 Å². The molecule has 0 radical (unpaired) electrons. The van der Waals surface area contributed by atoms with E-state index in [2.05, 4.69) is 4.90 Å². The van der Waals surface area contributed by atoms with Gasteiger partial charge in [-0.1, -0.05) is 91.0 Å². The highest BCUT2D eigenvalue weighted by Crippen LogP contribution is 2.39. The molecule has 0 spiro atoms. The van der Waals surface area contributed by atoms with Crippen LogP contribution in [-0.4, -0.2) is 58.8 Å². The lowest BCUT2D eigenvalue weighted by Crippen LogP contribution is -2.46. The van der Waals surface area contributed by atoms with E-state index < -0.39 is 24.4 Å². The second-order valence-corrected chi connectivity index (χ2v) is 9.57. The summed E-state index contributed by atoms with van der Waals surface area (Å²) in [5.74, 6) is -0.209. The monoisotopic (exact) mass is 487 g/mol. The number of ketones is 1. The van der Waals surface area contributed by atoms with Gasteiger partial charge in [0, 0.05) is 6.04 Å². The molecule has 0 amide bonds. The predicted octanol–water partition coefficient (Wildman–Crippen LogP) is 3.76. The maximum atomic E-state index is 13.2. The fourth-order valence-corrected chi connectivity index (χ4v) is 5.36. The number of aliphatic hydroxyl groups is 1. The largest absolute Gasteiger partial charge is 0.384 e. The van der Waals surface area contributed by atoms with Gasteiger partial charge in [0.15, 0.2) is 5.78 Å². The summed E-state index contributed by atoms with van der Waals surface area (Å²) in [5.41, 5.74) is 3.15. The van der Waals surface area contributed by atoms with Crippen molar-refractivity contribution in [2.24, 2.45) is 0 Å². The number of hydrogen-bond donors (Lipinski definition) is 1. The normalized spacial score (nSPS) is 27.9. The molecule has 2 fully saturated rings. The molecule has 0 bridgehead atoms. The molecule has 2 aliphatic heterocycles. The number of fused-ring (bicyclic) bond motifs is 1. The van der Waals surface area contributed by atoms with Crippen LogP contribution in [0, 0.1) is 0 Å². The van der Waals surface area contributed by atoms with Gasteiger partial charge in [0.25, 0.3) is 0 Å². The molecule has 0 aromatic heterocycles. The molecule has 0 aliphatic carbocycles. The van der Waals surface area contributed by atoms with Gasteiger partial charge >= 0.3 is 0 Å².